The van der Waals surface area contributed by atoms with E-state index < -0.39 is 0 Å². The number of carbonyl (C=O) groups excluding carboxylic acids is 1. The summed E-state index contributed by atoms with van der Waals surface area (Å²) in [4.78, 5) is 12.2. The van der Waals surface area contributed by atoms with Gasteiger partial charge in [-0.2, -0.15) is 0 Å². The molecule has 1 unspecified atom stereocenters. The van der Waals surface area contributed by atoms with E-state index in [1.165, 1.54) is 0 Å². The quantitative estimate of drug-likeness (QED) is 0.834. The predicted molar refractivity (Wildman–Crippen MR) is 86.9 cm³/mol. The Morgan fingerprint density at radius 1 is 1.33 bits per heavy atom. The first-order valence-electron chi connectivity index (χ1n) is 7.33. The molecule has 0 aliphatic heterocycles. The molecule has 1 atom stereocenters. The van der Waals surface area contributed by atoms with Gasteiger partial charge in [-0.3, -0.25) is 4.79 Å². The van der Waals surface area contributed by atoms with E-state index in [4.69, 9.17) is 5.11 Å². The number of rotatable bonds is 4. The molecule has 21 heavy (non-hydrogen) atoms. The van der Waals surface area contributed by atoms with Crippen LogP contribution in [0, 0.1) is 23.2 Å². The number of para-hydroxylation sites is 1. The van der Waals surface area contributed by atoms with Crippen molar-refractivity contribution in [3.8, 4) is 11.8 Å². The van der Waals surface area contributed by atoms with E-state index in [-0.39, 0.29) is 17.9 Å². The summed E-state index contributed by atoms with van der Waals surface area (Å²) in [5.41, 5.74) is 1.62. The van der Waals surface area contributed by atoms with Crippen molar-refractivity contribution < 1.29 is 9.90 Å². The molecule has 0 spiro atoms. The minimum atomic E-state index is 0.00818. The number of hydrogen-bond acceptors (Lipinski definition) is 2. The molecule has 1 aromatic rings. The van der Waals surface area contributed by atoms with Gasteiger partial charge in [-0.1, -0.05) is 51.7 Å². The lowest BCUT2D eigenvalue weighted by Crippen LogP contribution is -2.24. The van der Waals surface area contributed by atoms with Crippen molar-refractivity contribution in [3.05, 3.63) is 29.8 Å². The van der Waals surface area contributed by atoms with Gasteiger partial charge in [0.15, 0.2) is 0 Å². The monoisotopic (exact) mass is 287 g/mol. The molecule has 0 heterocycles. The highest BCUT2D eigenvalue weighted by atomic mass is 16.2. The summed E-state index contributed by atoms with van der Waals surface area (Å²) < 4.78 is 0. The highest BCUT2D eigenvalue weighted by Gasteiger charge is 2.22. The normalized spacial score (nSPS) is 12.2. The molecule has 3 heteroatoms. The van der Waals surface area contributed by atoms with E-state index in [1.54, 1.807) is 0 Å². The Hall–Kier alpha value is -1.79. The molecule has 0 bridgehead atoms. The number of benzene rings is 1. The highest BCUT2D eigenvalue weighted by molar-refractivity contribution is 5.92. The number of aliphatic hydroxyl groups excluding tert-OH is 1. The van der Waals surface area contributed by atoms with E-state index in [9.17, 15) is 4.79 Å². The average molecular weight is 287 g/mol. The molecule has 0 saturated carbocycles. The summed E-state index contributed by atoms with van der Waals surface area (Å²) in [5.74, 6) is 6.16. The molecular weight excluding hydrogens is 262 g/mol. The molecule has 0 aliphatic carbocycles. The first kappa shape index (κ1) is 17.3. The molecule has 0 radical (unpaired) electrons. The van der Waals surface area contributed by atoms with Gasteiger partial charge in [0, 0.05) is 18.4 Å². The third-order valence-electron chi connectivity index (χ3n) is 3.63. The number of nitrogens with one attached hydrogen (secondary N) is 1. The Morgan fingerprint density at radius 2 is 2.00 bits per heavy atom. The Kier molecular flexibility index (Phi) is 6.45. The zero-order valence-electron chi connectivity index (χ0n) is 13.4. The molecule has 0 aromatic heterocycles. The standard InChI is InChI=1S/C18H25NO2/c1-14(18(2,3)4)13-17(21)19-16-11-6-5-9-15(16)10-7-8-12-20/h5-6,9,11,14,20H,8,12-13H2,1-4H3,(H,19,21). The molecular formula is C18H25NO2. The second-order valence-corrected chi connectivity index (χ2v) is 6.34. The van der Waals surface area contributed by atoms with Gasteiger partial charge in [0.2, 0.25) is 5.91 Å². The van der Waals surface area contributed by atoms with Crippen molar-refractivity contribution in [2.24, 2.45) is 11.3 Å². The molecule has 1 aromatic carbocycles. The van der Waals surface area contributed by atoms with Gasteiger partial charge in [-0.15, -0.1) is 0 Å². The van der Waals surface area contributed by atoms with E-state index in [0.29, 0.717) is 18.8 Å². The lowest BCUT2D eigenvalue weighted by Gasteiger charge is -2.26. The topological polar surface area (TPSA) is 49.3 Å². The summed E-state index contributed by atoms with van der Waals surface area (Å²) in [6.45, 7) is 8.55. The number of aliphatic hydroxyl groups is 1. The van der Waals surface area contributed by atoms with Crippen molar-refractivity contribution in [1.29, 1.82) is 0 Å². The highest BCUT2D eigenvalue weighted by Crippen LogP contribution is 2.28. The summed E-state index contributed by atoms with van der Waals surface area (Å²) in [6.07, 6.45) is 0.922. The maximum absolute atomic E-state index is 12.2. The Bertz CT molecular complexity index is 532. The van der Waals surface area contributed by atoms with Gasteiger partial charge in [0.1, 0.15) is 0 Å². The van der Waals surface area contributed by atoms with Crippen LogP contribution >= 0.6 is 0 Å². The molecule has 1 amide bonds. The van der Waals surface area contributed by atoms with Gasteiger partial charge >= 0.3 is 0 Å². The van der Waals surface area contributed by atoms with Gasteiger partial charge in [0.05, 0.1) is 12.3 Å². The van der Waals surface area contributed by atoms with Crippen LogP contribution in [0.2, 0.25) is 0 Å². The maximum atomic E-state index is 12.2. The summed E-state index contributed by atoms with van der Waals surface area (Å²) >= 11 is 0. The van der Waals surface area contributed by atoms with Crippen LogP contribution in [0.25, 0.3) is 0 Å². The molecule has 3 nitrogen and oxygen atoms in total. The van der Waals surface area contributed by atoms with Crippen LogP contribution in [0.1, 0.15) is 46.1 Å². The van der Waals surface area contributed by atoms with E-state index in [1.807, 2.05) is 24.3 Å². The smallest absolute Gasteiger partial charge is 0.224 e. The zero-order chi connectivity index (χ0) is 15.9. The zero-order valence-corrected chi connectivity index (χ0v) is 13.4. The molecule has 2 N–H and O–H groups in total. The fourth-order valence-electron chi connectivity index (χ4n) is 1.70. The fraction of sp³-hybridized carbons (Fsp3) is 0.500. The number of amides is 1. The van der Waals surface area contributed by atoms with E-state index in [0.717, 1.165) is 11.3 Å². The molecule has 1 rings (SSSR count). The largest absolute Gasteiger partial charge is 0.395 e. The Labute approximate surface area is 127 Å². The van der Waals surface area contributed by atoms with E-state index >= 15 is 0 Å². The lowest BCUT2D eigenvalue weighted by atomic mass is 9.80. The molecule has 0 aliphatic rings. The SMILES string of the molecule is CC(CC(=O)Nc1ccccc1C#CCCO)C(C)(C)C. The van der Waals surface area contributed by atoms with Crippen LogP contribution in [0.5, 0.6) is 0 Å². The average Bonchev–Trinajstić information content (AvgIpc) is 2.39. The maximum Gasteiger partial charge on any atom is 0.224 e. The second-order valence-electron chi connectivity index (χ2n) is 6.34. The first-order chi connectivity index (χ1) is 9.84. The van der Waals surface area contributed by atoms with Crippen molar-refractivity contribution in [1.82, 2.24) is 0 Å². The molecule has 0 fully saturated rings. The third kappa shape index (κ3) is 6.01. The minimum Gasteiger partial charge on any atom is -0.395 e. The third-order valence-corrected chi connectivity index (χ3v) is 3.63. The fourth-order valence-corrected chi connectivity index (χ4v) is 1.70. The number of carbonyl (C=O) groups is 1. The molecule has 114 valence electrons. The number of anilines is 1. The van der Waals surface area contributed by atoms with Crippen LogP contribution in [-0.4, -0.2) is 17.6 Å². The van der Waals surface area contributed by atoms with Crippen LogP contribution in [0.3, 0.4) is 0 Å². The second kappa shape index (κ2) is 7.85. The minimum absolute atomic E-state index is 0.00818. The van der Waals surface area contributed by atoms with Crippen LogP contribution in [0.4, 0.5) is 5.69 Å². The summed E-state index contributed by atoms with van der Waals surface area (Å²) in [6, 6.07) is 7.48. The molecule has 0 saturated heterocycles. The van der Waals surface area contributed by atoms with Gasteiger partial charge < -0.3 is 10.4 Å². The van der Waals surface area contributed by atoms with Crippen LogP contribution in [0.15, 0.2) is 24.3 Å². The van der Waals surface area contributed by atoms with Crippen molar-refractivity contribution in [3.63, 3.8) is 0 Å². The Morgan fingerprint density at radius 3 is 2.62 bits per heavy atom. The predicted octanol–water partition coefficient (Wildman–Crippen LogP) is 3.43. The van der Waals surface area contributed by atoms with Crippen LogP contribution < -0.4 is 5.32 Å². The van der Waals surface area contributed by atoms with Crippen molar-refractivity contribution in [2.45, 2.75) is 40.5 Å². The van der Waals surface area contributed by atoms with E-state index in [2.05, 4.69) is 44.9 Å². The van der Waals surface area contributed by atoms with Gasteiger partial charge in [0.25, 0.3) is 0 Å². The lowest BCUT2D eigenvalue weighted by molar-refractivity contribution is -0.117. The van der Waals surface area contributed by atoms with Gasteiger partial charge in [-0.25, -0.2) is 0 Å². The van der Waals surface area contributed by atoms with Crippen molar-refractivity contribution in [2.75, 3.05) is 11.9 Å². The van der Waals surface area contributed by atoms with Crippen molar-refractivity contribution >= 4 is 11.6 Å². The van der Waals surface area contributed by atoms with Crippen LogP contribution in [-0.2, 0) is 4.79 Å². The first-order valence-corrected chi connectivity index (χ1v) is 7.33. The number of hydrogen-bond donors (Lipinski definition) is 2. The Balaban J connectivity index is 2.75. The summed E-state index contributed by atoms with van der Waals surface area (Å²) in [5, 5.41) is 11.7. The summed E-state index contributed by atoms with van der Waals surface area (Å²) in [7, 11) is 0. The van der Waals surface area contributed by atoms with Gasteiger partial charge in [-0.05, 0) is 23.5 Å².